The van der Waals surface area contributed by atoms with Crippen LogP contribution in [-0.2, 0) is 22.4 Å². The first-order valence-corrected chi connectivity index (χ1v) is 7.76. The van der Waals surface area contributed by atoms with E-state index in [1.807, 2.05) is 72.8 Å². The molecule has 0 saturated heterocycles. The van der Waals surface area contributed by atoms with Crippen LogP contribution in [-0.4, -0.2) is 11.6 Å². The Hall–Kier alpha value is -2.74. The number of hydrogen-bond donors (Lipinski definition) is 0. The summed E-state index contributed by atoms with van der Waals surface area (Å²) in [5, 5.41) is 0. The molecule has 2 heteroatoms. The Bertz CT molecular complexity index is 755. The highest BCUT2D eigenvalue weighted by atomic mass is 16.1. The smallest absolute Gasteiger partial charge is 0.164 e. The average Bonchev–Trinajstić information content (AvgIpc) is 3.06. The molecule has 0 spiro atoms. The van der Waals surface area contributed by atoms with E-state index in [4.69, 9.17) is 0 Å². The number of allylic oxidation sites excluding steroid dienone is 4. The van der Waals surface area contributed by atoms with Crippen molar-refractivity contribution in [3.63, 3.8) is 0 Å². The van der Waals surface area contributed by atoms with Crippen LogP contribution in [0.1, 0.15) is 11.1 Å². The molecular weight excluding hydrogens is 284 g/mol. The summed E-state index contributed by atoms with van der Waals surface area (Å²) >= 11 is 0. The van der Waals surface area contributed by atoms with Crippen LogP contribution < -0.4 is 0 Å². The molecule has 2 aromatic rings. The van der Waals surface area contributed by atoms with Crippen LogP contribution in [0.3, 0.4) is 0 Å². The molecule has 23 heavy (non-hydrogen) atoms. The summed E-state index contributed by atoms with van der Waals surface area (Å²) in [4.78, 5) is 25.1. The molecule has 1 aliphatic carbocycles. The van der Waals surface area contributed by atoms with E-state index in [0.29, 0.717) is 18.4 Å². The lowest BCUT2D eigenvalue weighted by Gasteiger charge is -2.12. The molecule has 1 aliphatic rings. The van der Waals surface area contributed by atoms with E-state index in [1.54, 1.807) is 6.08 Å². The van der Waals surface area contributed by atoms with Crippen LogP contribution in [0.4, 0.5) is 0 Å². The number of benzene rings is 2. The Balaban J connectivity index is 1.68. The maximum absolute atomic E-state index is 12.5. The maximum Gasteiger partial charge on any atom is 0.164 e. The minimum atomic E-state index is -0.411. The van der Waals surface area contributed by atoms with Gasteiger partial charge in [-0.3, -0.25) is 9.59 Å². The minimum Gasteiger partial charge on any atom is -0.298 e. The van der Waals surface area contributed by atoms with E-state index in [-0.39, 0.29) is 11.6 Å². The number of ketones is 2. The molecule has 0 saturated carbocycles. The fourth-order valence-electron chi connectivity index (χ4n) is 2.82. The molecule has 2 aromatic carbocycles. The highest BCUT2D eigenvalue weighted by molar-refractivity contribution is 6.05. The normalized spacial score (nSPS) is 16.2. The van der Waals surface area contributed by atoms with Crippen LogP contribution >= 0.6 is 0 Å². The number of hydrogen-bond acceptors (Lipinski definition) is 2. The highest BCUT2D eigenvalue weighted by Gasteiger charge is 2.27. The average molecular weight is 302 g/mol. The second-order valence-corrected chi connectivity index (χ2v) is 5.70. The first-order valence-electron chi connectivity index (χ1n) is 7.76. The second kappa shape index (κ2) is 7.01. The molecule has 0 N–H and O–H groups in total. The number of Topliss-reactive ketones (excluding diaryl/α,β-unsaturated/α-hetero) is 2. The Morgan fingerprint density at radius 2 is 1.35 bits per heavy atom. The van der Waals surface area contributed by atoms with Gasteiger partial charge in [-0.25, -0.2) is 0 Å². The van der Waals surface area contributed by atoms with Crippen LogP contribution in [0.2, 0.25) is 0 Å². The van der Waals surface area contributed by atoms with Gasteiger partial charge in [0.15, 0.2) is 5.78 Å². The Labute approximate surface area is 136 Å². The molecule has 0 radical (unpaired) electrons. The van der Waals surface area contributed by atoms with Crippen molar-refractivity contribution in [2.45, 2.75) is 12.8 Å². The van der Waals surface area contributed by atoms with Gasteiger partial charge in [0.25, 0.3) is 0 Å². The summed E-state index contributed by atoms with van der Waals surface area (Å²) in [6, 6.07) is 19.3. The minimum absolute atomic E-state index is 0.0209. The second-order valence-electron chi connectivity index (χ2n) is 5.70. The Kier molecular flexibility index (Phi) is 4.62. The molecule has 0 fully saturated rings. The molecule has 0 amide bonds. The lowest BCUT2D eigenvalue weighted by atomic mass is 9.89. The molecule has 0 aliphatic heterocycles. The zero-order valence-electron chi connectivity index (χ0n) is 12.8. The molecule has 0 heterocycles. The Morgan fingerprint density at radius 3 is 1.96 bits per heavy atom. The summed E-state index contributed by atoms with van der Waals surface area (Å²) in [6.07, 6.45) is 6.10. The summed E-state index contributed by atoms with van der Waals surface area (Å²) in [6.45, 7) is 0. The van der Waals surface area contributed by atoms with E-state index in [9.17, 15) is 9.59 Å². The third kappa shape index (κ3) is 3.72. The standard InChI is InChI=1S/C21H18O2/c22-20(14-16-8-3-1-4-9-16)18-12-7-13-19(18)21(23)15-17-10-5-2-6-11-17/h1-13,18H,14-15H2. The molecule has 0 aromatic heterocycles. The lowest BCUT2D eigenvalue weighted by molar-refractivity contribution is -0.122. The number of rotatable bonds is 6. The van der Waals surface area contributed by atoms with Crippen molar-refractivity contribution in [3.05, 3.63) is 95.6 Å². The zero-order valence-corrected chi connectivity index (χ0v) is 12.8. The third-order valence-corrected chi connectivity index (χ3v) is 4.01. The summed E-state index contributed by atoms with van der Waals surface area (Å²) in [5.74, 6) is -0.323. The molecule has 114 valence electrons. The van der Waals surface area contributed by atoms with Crippen molar-refractivity contribution >= 4 is 11.6 Å². The first-order chi connectivity index (χ1) is 11.2. The molecular formula is C21H18O2. The van der Waals surface area contributed by atoms with Crippen molar-refractivity contribution in [3.8, 4) is 0 Å². The largest absolute Gasteiger partial charge is 0.298 e. The van der Waals surface area contributed by atoms with Gasteiger partial charge >= 0.3 is 0 Å². The van der Waals surface area contributed by atoms with Gasteiger partial charge in [-0.05, 0) is 11.1 Å². The predicted molar refractivity (Wildman–Crippen MR) is 91.0 cm³/mol. The van der Waals surface area contributed by atoms with Gasteiger partial charge in [0.2, 0.25) is 0 Å². The van der Waals surface area contributed by atoms with Gasteiger partial charge < -0.3 is 0 Å². The van der Waals surface area contributed by atoms with Crippen LogP contribution in [0, 0.1) is 5.92 Å². The van der Waals surface area contributed by atoms with Gasteiger partial charge in [-0.2, -0.15) is 0 Å². The molecule has 2 nitrogen and oxygen atoms in total. The van der Waals surface area contributed by atoms with Crippen molar-refractivity contribution in [1.82, 2.24) is 0 Å². The van der Waals surface area contributed by atoms with Crippen LogP contribution in [0.25, 0.3) is 0 Å². The van der Waals surface area contributed by atoms with Crippen LogP contribution in [0.15, 0.2) is 84.5 Å². The van der Waals surface area contributed by atoms with Crippen molar-refractivity contribution in [2.24, 2.45) is 5.92 Å². The van der Waals surface area contributed by atoms with Gasteiger partial charge in [-0.1, -0.05) is 78.9 Å². The first kappa shape index (κ1) is 15.2. The predicted octanol–water partition coefficient (Wildman–Crippen LogP) is 3.72. The van der Waals surface area contributed by atoms with Crippen molar-refractivity contribution in [1.29, 1.82) is 0 Å². The summed E-state index contributed by atoms with van der Waals surface area (Å²) in [5.41, 5.74) is 2.56. The molecule has 0 bridgehead atoms. The molecule has 1 unspecified atom stereocenters. The van der Waals surface area contributed by atoms with Gasteiger partial charge in [-0.15, -0.1) is 0 Å². The SMILES string of the molecule is O=C(Cc1ccccc1)C1=CC=CC1C(=O)Cc1ccccc1. The quantitative estimate of drug-likeness (QED) is 0.815. The van der Waals surface area contributed by atoms with Gasteiger partial charge in [0, 0.05) is 18.4 Å². The zero-order chi connectivity index (χ0) is 16.1. The number of carbonyl (C=O) groups is 2. The van der Waals surface area contributed by atoms with Gasteiger partial charge in [0.1, 0.15) is 5.78 Å². The van der Waals surface area contributed by atoms with Crippen LogP contribution in [0.5, 0.6) is 0 Å². The number of carbonyl (C=O) groups excluding carboxylic acids is 2. The summed E-state index contributed by atoms with van der Waals surface area (Å²) in [7, 11) is 0. The fourth-order valence-corrected chi connectivity index (χ4v) is 2.82. The topological polar surface area (TPSA) is 34.1 Å². The third-order valence-electron chi connectivity index (χ3n) is 4.01. The maximum atomic E-state index is 12.5. The van der Waals surface area contributed by atoms with E-state index in [1.165, 1.54) is 0 Å². The van der Waals surface area contributed by atoms with Crippen molar-refractivity contribution < 1.29 is 9.59 Å². The van der Waals surface area contributed by atoms with E-state index >= 15 is 0 Å². The molecule has 3 rings (SSSR count). The van der Waals surface area contributed by atoms with Gasteiger partial charge in [0.05, 0.1) is 5.92 Å². The van der Waals surface area contributed by atoms with E-state index in [0.717, 1.165) is 11.1 Å². The lowest BCUT2D eigenvalue weighted by Crippen LogP contribution is -2.21. The summed E-state index contributed by atoms with van der Waals surface area (Å²) < 4.78 is 0. The van der Waals surface area contributed by atoms with E-state index in [2.05, 4.69) is 0 Å². The monoisotopic (exact) mass is 302 g/mol. The fraction of sp³-hybridized carbons (Fsp3) is 0.143. The Morgan fingerprint density at radius 1 is 0.783 bits per heavy atom. The molecule has 1 atom stereocenters. The van der Waals surface area contributed by atoms with Crippen molar-refractivity contribution in [2.75, 3.05) is 0 Å². The highest BCUT2D eigenvalue weighted by Crippen LogP contribution is 2.24. The van der Waals surface area contributed by atoms with E-state index < -0.39 is 5.92 Å².